The maximum absolute atomic E-state index is 12.7. The van der Waals surface area contributed by atoms with Crippen molar-refractivity contribution >= 4 is 23.2 Å². The molecule has 0 radical (unpaired) electrons. The molecule has 1 atom stereocenters. The molecule has 6 heteroatoms. The van der Waals surface area contributed by atoms with Crippen molar-refractivity contribution in [2.45, 2.75) is 25.7 Å². The lowest BCUT2D eigenvalue weighted by Gasteiger charge is -2.40. The SMILES string of the molecule is O=C(Cc1cccnc1)N1CCC[C@@]2(CCN(C(=O)c3cccs3)C2)C1. The quantitative estimate of drug-likeness (QED) is 0.836. The summed E-state index contributed by atoms with van der Waals surface area (Å²) in [5, 5.41) is 1.94. The van der Waals surface area contributed by atoms with Crippen molar-refractivity contribution < 1.29 is 9.59 Å². The van der Waals surface area contributed by atoms with Crippen molar-refractivity contribution in [3.63, 3.8) is 0 Å². The predicted molar refractivity (Wildman–Crippen MR) is 101 cm³/mol. The molecule has 0 N–H and O–H groups in total. The number of hydrogen-bond donors (Lipinski definition) is 0. The van der Waals surface area contributed by atoms with Crippen LogP contribution in [0.3, 0.4) is 0 Å². The molecule has 4 rings (SSSR count). The fraction of sp³-hybridized carbons (Fsp3) is 0.450. The number of amides is 2. The van der Waals surface area contributed by atoms with E-state index in [0.717, 1.165) is 55.9 Å². The van der Waals surface area contributed by atoms with Crippen LogP contribution in [0.15, 0.2) is 42.0 Å². The van der Waals surface area contributed by atoms with Crippen LogP contribution in [0, 0.1) is 5.41 Å². The molecule has 0 unspecified atom stereocenters. The van der Waals surface area contributed by atoms with Crippen molar-refractivity contribution in [1.29, 1.82) is 0 Å². The average Bonchev–Trinajstić information content (AvgIpc) is 3.33. The summed E-state index contributed by atoms with van der Waals surface area (Å²) in [6, 6.07) is 7.62. The molecule has 0 saturated carbocycles. The third-order valence-electron chi connectivity index (χ3n) is 5.55. The maximum Gasteiger partial charge on any atom is 0.263 e. The molecule has 4 heterocycles. The lowest BCUT2D eigenvalue weighted by atomic mass is 9.79. The Morgan fingerprint density at radius 3 is 2.77 bits per heavy atom. The minimum absolute atomic E-state index is 0.0652. The summed E-state index contributed by atoms with van der Waals surface area (Å²) in [5.74, 6) is 0.302. The minimum Gasteiger partial charge on any atom is -0.342 e. The predicted octanol–water partition coefficient (Wildman–Crippen LogP) is 2.84. The first-order chi connectivity index (χ1) is 12.7. The van der Waals surface area contributed by atoms with E-state index in [9.17, 15) is 9.59 Å². The molecule has 2 saturated heterocycles. The zero-order valence-electron chi connectivity index (χ0n) is 14.8. The van der Waals surface area contributed by atoms with Gasteiger partial charge in [0.15, 0.2) is 0 Å². The first-order valence-electron chi connectivity index (χ1n) is 9.15. The highest BCUT2D eigenvalue weighted by Crippen LogP contribution is 2.39. The maximum atomic E-state index is 12.7. The highest BCUT2D eigenvalue weighted by atomic mass is 32.1. The number of rotatable bonds is 3. The van der Waals surface area contributed by atoms with Crippen LogP contribution in [0.25, 0.3) is 0 Å². The van der Waals surface area contributed by atoms with Crippen molar-refractivity contribution in [2.24, 2.45) is 5.41 Å². The zero-order chi connectivity index (χ0) is 18.0. The number of carbonyl (C=O) groups is 2. The monoisotopic (exact) mass is 369 g/mol. The van der Waals surface area contributed by atoms with Gasteiger partial charge in [0.2, 0.25) is 5.91 Å². The van der Waals surface area contributed by atoms with Crippen LogP contribution < -0.4 is 0 Å². The van der Waals surface area contributed by atoms with E-state index in [1.165, 1.54) is 11.3 Å². The van der Waals surface area contributed by atoms with E-state index in [1.807, 2.05) is 39.4 Å². The number of aromatic nitrogens is 1. The van der Waals surface area contributed by atoms with E-state index < -0.39 is 0 Å². The molecule has 0 aromatic carbocycles. The molecule has 5 nitrogen and oxygen atoms in total. The van der Waals surface area contributed by atoms with Crippen LogP contribution in [-0.2, 0) is 11.2 Å². The summed E-state index contributed by atoms with van der Waals surface area (Å²) in [6.45, 7) is 3.14. The Balaban J connectivity index is 1.40. The number of thiophene rings is 1. The first-order valence-corrected chi connectivity index (χ1v) is 10.0. The lowest BCUT2D eigenvalue weighted by Crippen LogP contribution is -2.48. The van der Waals surface area contributed by atoms with Crippen molar-refractivity contribution in [1.82, 2.24) is 14.8 Å². The third kappa shape index (κ3) is 3.51. The first kappa shape index (κ1) is 17.2. The topological polar surface area (TPSA) is 53.5 Å². The normalized spacial score (nSPS) is 22.8. The summed E-state index contributed by atoms with van der Waals surface area (Å²) >= 11 is 1.50. The van der Waals surface area contributed by atoms with Gasteiger partial charge in [-0.25, -0.2) is 0 Å². The number of nitrogens with zero attached hydrogens (tertiary/aromatic N) is 3. The lowest BCUT2D eigenvalue weighted by molar-refractivity contribution is -0.133. The van der Waals surface area contributed by atoms with Gasteiger partial charge in [-0.2, -0.15) is 0 Å². The van der Waals surface area contributed by atoms with E-state index in [4.69, 9.17) is 0 Å². The largest absolute Gasteiger partial charge is 0.342 e. The van der Waals surface area contributed by atoms with Crippen LogP contribution in [0.5, 0.6) is 0 Å². The van der Waals surface area contributed by atoms with E-state index in [2.05, 4.69) is 4.98 Å². The molecule has 1 spiro atoms. The molecule has 136 valence electrons. The van der Waals surface area contributed by atoms with Gasteiger partial charge in [-0.1, -0.05) is 12.1 Å². The van der Waals surface area contributed by atoms with E-state index in [1.54, 1.807) is 12.4 Å². The van der Waals surface area contributed by atoms with Crippen molar-refractivity contribution in [2.75, 3.05) is 26.2 Å². The summed E-state index contributed by atoms with van der Waals surface area (Å²) in [5.41, 5.74) is 1.02. The Labute approximate surface area is 157 Å². The van der Waals surface area contributed by atoms with Gasteiger partial charge in [0.25, 0.3) is 5.91 Å². The van der Waals surface area contributed by atoms with Crippen LogP contribution in [0.4, 0.5) is 0 Å². The Morgan fingerprint density at radius 2 is 2.00 bits per heavy atom. The van der Waals surface area contributed by atoms with Gasteiger partial charge in [0.1, 0.15) is 0 Å². The molecule has 0 aliphatic carbocycles. The molecular weight excluding hydrogens is 346 g/mol. The fourth-order valence-corrected chi connectivity index (χ4v) is 4.90. The van der Waals surface area contributed by atoms with Gasteiger partial charge in [-0.15, -0.1) is 11.3 Å². The Hall–Kier alpha value is -2.21. The van der Waals surface area contributed by atoms with Crippen LogP contribution in [0.2, 0.25) is 0 Å². The van der Waals surface area contributed by atoms with Gasteiger partial charge >= 0.3 is 0 Å². The average molecular weight is 369 g/mol. The summed E-state index contributed by atoms with van der Waals surface area (Å²) in [7, 11) is 0. The van der Waals surface area contributed by atoms with Crippen LogP contribution in [0.1, 0.15) is 34.5 Å². The fourth-order valence-electron chi connectivity index (χ4n) is 4.21. The molecule has 0 bridgehead atoms. The third-order valence-corrected chi connectivity index (χ3v) is 6.41. The highest BCUT2D eigenvalue weighted by Gasteiger charge is 2.43. The number of carbonyl (C=O) groups excluding carboxylic acids is 2. The van der Waals surface area contributed by atoms with Crippen LogP contribution in [-0.4, -0.2) is 52.8 Å². The number of pyridine rings is 1. The second-order valence-electron chi connectivity index (χ2n) is 7.41. The molecule has 2 aliphatic rings. The van der Waals surface area contributed by atoms with E-state index in [0.29, 0.717) is 6.42 Å². The molecular formula is C20H23N3O2S. The molecule has 2 amide bonds. The second-order valence-corrected chi connectivity index (χ2v) is 8.36. The van der Waals surface area contributed by atoms with Gasteiger partial charge in [0, 0.05) is 44.0 Å². The van der Waals surface area contributed by atoms with Gasteiger partial charge in [-0.05, 0) is 42.3 Å². The smallest absolute Gasteiger partial charge is 0.263 e. The molecule has 2 fully saturated rings. The van der Waals surface area contributed by atoms with Crippen molar-refractivity contribution in [3.05, 3.63) is 52.5 Å². The zero-order valence-corrected chi connectivity index (χ0v) is 15.6. The van der Waals surface area contributed by atoms with Gasteiger partial charge in [0.05, 0.1) is 11.3 Å². The second kappa shape index (κ2) is 7.19. The highest BCUT2D eigenvalue weighted by molar-refractivity contribution is 7.12. The summed E-state index contributed by atoms with van der Waals surface area (Å²) in [6.07, 6.45) is 6.98. The van der Waals surface area contributed by atoms with Gasteiger partial charge in [-0.3, -0.25) is 14.6 Å². The Morgan fingerprint density at radius 1 is 1.12 bits per heavy atom. The summed E-state index contributed by atoms with van der Waals surface area (Å²) < 4.78 is 0. The van der Waals surface area contributed by atoms with E-state index >= 15 is 0 Å². The molecule has 2 aromatic heterocycles. The number of likely N-dealkylation sites (tertiary alicyclic amines) is 2. The van der Waals surface area contributed by atoms with Crippen molar-refractivity contribution in [3.8, 4) is 0 Å². The Bertz CT molecular complexity index is 778. The number of hydrogen-bond acceptors (Lipinski definition) is 4. The molecule has 2 aromatic rings. The number of piperidine rings is 1. The van der Waals surface area contributed by atoms with Gasteiger partial charge < -0.3 is 9.80 Å². The molecule has 2 aliphatic heterocycles. The van der Waals surface area contributed by atoms with E-state index in [-0.39, 0.29) is 17.2 Å². The molecule has 26 heavy (non-hydrogen) atoms. The standard InChI is InChI=1S/C20H23N3O2S/c24-18(12-16-4-1-8-21-13-16)22-9-3-6-20(14-22)7-10-23(15-20)19(25)17-5-2-11-26-17/h1-2,4-5,8,11,13H,3,6-7,9-10,12,14-15H2/t20-/m1/s1. The summed E-state index contributed by atoms with van der Waals surface area (Å²) in [4.78, 5) is 34.2. The minimum atomic E-state index is 0.0652. The van der Waals surface area contributed by atoms with Crippen LogP contribution >= 0.6 is 11.3 Å². The Kier molecular flexibility index (Phi) is 4.76.